The molecule has 0 heterocycles. The quantitative estimate of drug-likeness (QED) is 0.714. The predicted octanol–water partition coefficient (Wildman–Crippen LogP) is 0.670. The van der Waals surface area contributed by atoms with Crippen molar-refractivity contribution in [1.29, 1.82) is 0 Å². The first-order chi connectivity index (χ1) is 8.54. The molecule has 0 aliphatic carbocycles. The molecule has 1 rings (SSSR count). The van der Waals surface area contributed by atoms with E-state index in [1.54, 1.807) is 12.1 Å². The zero-order valence-corrected chi connectivity index (χ0v) is 10.2. The number of rotatable bonds is 5. The molecule has 0 fully saturated rings. The molecule has 0 radical (unpaired) electrons. The van der Waals surface area contributed by atoms with Crippen molar-refractivity contribution in [3.05, 3.63) is 29.8 Å². The molecule has 0 saturated carbocycles. The van der Waals surface area contributed by atoms with Gasteiger partial charge in [-0.2, -0.15) is 0 Å². The van der Waals surface area contributed by atoms with Crippen molar-refractivity contribution in [2.75, 3.05) is 6.61 Å². The van der Waals surface area contributed by atoms with Crippen molar-refractivity contribution in [2.45, 2.75) is 19.4 Å². The van der Waals surface area contributed by atoms with Crippen molar-refractivity contribution >= 4 is 11.9 Å². The maximum Gasteiger partial charge on any atom is 0.318 e. The van der Waals surface area contributed by atoms with E-state index in [0.717, 1.165) is 12.0 Å². The number of hydrogen-bond acceptors (Lipinski definition) is 4. The number of amides is 3. The number of ether oxygens (including phenoxy) is 1. The Balaban J connectivity index is 2.67. The second-order valence-corrected chi connectivity index (χ2v) is 3.75. The van der Waals surface area contributed by atoms with Crippen LogP contribution in [0.15, 0.2) is 24.3 Å². The summed E-state index contributed by atoms with van der Waals surface area (Å²) in [6.45, 7) is 1.68. The minimum absolute atomic E-state index is 0.152. The highest BCUT2D eigenvalue weighted by atomic mass is 16.5. The van der Waals surface area contributed by atoms with Crippen LogP contribution in [-0.4, -0.2) is 18.5 Å². The van der Waals surface area contributed by atoms with Gasteiger partial charge < -0.3 is 16.2 Å². The largest absolute Gasteiger partial charge is 0.483 e. The summed E-state index contributed by atoms with van der Waals surface area (Å²) in [6.07, 6.45) is 0.758. The molecule has 5 N–H and O–H groups in total. The highest BCUT2D eigenvalue weighted by Gasteiger charge is 2.11. The lowest BCUT2D eigenvalue weighted by molar-refractivity contribution is -0.121. The molecule has 3 amide bonds. The Hall–Kier alpha value is -2.08. The summed E-state index contributed by atoms with van der Waals surface area (Å²) in [5.74, 6) is -0.0613. The van der Waals surface area contributed by atoms with Crippen molar-refractivity contribution in [3.63, 3.8) is 0 Å². The third-order valence-corrected chi connectivity index (χ3v) is 2.38. The monoisotopic (exact) mass is 251 g/mol. The van der Waals surface area contributed by atoms with E-state index < -0.39 is 11.9 Å². The second-order valence-electron chi connectivity index (χ2n) is 3.75. The molecule has 6 heteroatoms. The molecule has 1 aromatic rings. The van der Waals surface area contributed by atoms with Gasteiger partial charge in [0.2, 0.25) is 0 Å². The molecule has 1 aromatic carbocycles. The normalized spacial score (nSPS) is 11.7. The maximum atomic E-state index is 11.2. The molecule has 0 spiro atoms. The van der Waals surface area contributed by atoms with Crippen molar-refractivity contribution in [1.82, 2.24) is 5.32 Å². The van der Waals surface area contributed by atoms with Crippen LogP contribution in [0.4, 0.5) is 4.79 Å². The Bertz CT molecular complexity index is 434. The van der Waals surface area contributed by atoms with E-state index in [-0.39, 0.29) is 12.6 Å². The van der Waals surface area contributed by atoms with E-state index in [1.807, 2.05) is 24.4 Å². The zero-order chi connectivity index (χ0) is 13.5. The molecule has 98 valence electrons. The number of urea groups is 1. The number of para-hydroxylation sites is 1. The zero-order valence-electron chi connectivity index (χ0n) is 10.2. The number of benzene rings is 1. The lowest BCUT2D eigenvalue weighted by Crippen LogP contribution is -2.38. The number of primary amides is 1. The molecule has 0 bridgehead atoms. The first kappa shape index (κ1) is 14.0. The maximum absolute atomic E-state index is 11.2. The Kier molecular flexibility index (Phi) is 5.13. The van der Waals surface area contributed by atoms with E-state index in [2.05, 4.69) is 0 Å². The molecule has 0 unspecified atom stereocenters. The first-order valence-corrected chi connectivity index (χ1v) is 5.61. The van der Waals surface area contributed by atoms with Gasteiger partial charge in [0.1, 0.15) is 5.75 Å². The van der Waals surface area contributed by atoms with Crippen LogP contribution < -0.4 is 21.5 Å². The van der Waals surface area contributed by atoms with Gasteiger partial charge in [0.15, 0.2) is 6.61 Å². The highest BCUT2D eigenvalue weighted by molar-refractivity contribution is 5.94. The van der Waals surface area contributed by atoms with Crippen LogP contribution in [0.3, 0.4) is 0 Å². The lowest BCUT2D eigenvalue weighted by Gasteiger charge is -2.15. The molecule has 0 aliphatic rings. The number of nitrogens with one attached hydrogen (secondary N) is 1. The number of carbonyl (C=O) groups excluding carboxylic acids is 2. The molecule has 1 atom stereocenters. The van der Waals surface area contributed by atoms with Crippen molar-refractivity contribution in [2.24, 2.45) is 11.5 Å². The Morgan fingerprint density at radius 2 is 2.06 bits per heavy atom. The van der Waals surface area contributed by atoms with Crippen molar-refractivity contribution in [3.8, 4) is 5.75 Å². The van der Waals surface area contributed by atoms with Crippen LogP contribution in [0.25, 0.3) is 0 Å². The van der Waals surface area contributed by atoms with Crippen molar-refractivity contribution < 1.29 is 14.3 Å². The van der Waals surface area contributed by atoms with Crippen LogP contribution in [-0.2, 0) is 4.79 Å². The molecule has 0 aliphatic heterocycles. The highest BCUT2D eigenvalue weighted by Crippen LogP contribution is 2.25. The summed E-state index contributed by atoms with van der Waals surface area (Å²) >= 11 is 0. The molecule has 6 nitrogen and oxygen atoms in total. The van der Waals surface area contributed by atoms with Gasteiger partial charge in [-0.05, 0) is 12.5 Å². The number of nitrogens with two attached hydrogens (primary N) is 2. The van der Waals surface area contributed by atoms with Gasteiger partial charge in [0.05, 0.1) is 0 Å². The second kappa shape index (κ2) is 6.61. The topological polar surface area (TPSA) is 107 Å². The number of imide groups is 1. The summed E-state index contributed by atoms with van der Waals surface area (Å²) < 4.78 is 5.32. The third kappa shape index (κ3) is 4.06. The van der Waals surface area contributed by atoms with E-state index >= 15 is 0 Å². The molecular formula is C12H17N3O3. The fourth-order valence-corrected chi connectivity index (χ4v) is 1.46. The SMILES string of the molecule is CC[C@H](N)c1ccccc1OCC(=O)NC(N)=O. The standard InChI is InChI=1S/C12H17N3O3/c1-2-9(13)8-5-3-4-6-10(8)18-7-11(16)15-12(14)17/h3-6,9H,2,7,13H2,1H3,(H3,14,15,16,17)/t9-/m0/s1. The van der Waals surface area contributed by atoms with Crippen LogP contribution in [0.5, 0.6) is 5.75 Å². The van der Waals surface area contributed by atoms with Gasteiger partial charge in [0, 0.05) is 11.6 Å². The molecule has 18 heavy (non-hydrogen) atoms. The van der Waals surface area contributed by atoms with Gasteiger partial charge in [-0.1, -0.05) is 25.1 Å². The summed E-state index contributed by atoms with van der Waals surface area (Å²) in [7, 11) is 0. The fourth-order valence-electron chi connectivity index (χ4n) is 1.46. The van der Waals surface area contributed by atoms with E-state index in [4.69, 9.17) is 16.2 Å². The average Bonchev–Trinajstić information content (AvgIpc) is 2.35. The predicted molar refractivity (Wildman–Crippen MR) is 66.9 cm³/mol. The Labute approximate surface area is 105 Å². The fraction of sp³-hybridized carbons (Fsp3) is 0.333. The summed E-state index contributed by atoms with van der Waals surface area (Å²) in [5.41, 5.74) is 11.6. The average molecular weight is 251 g/mol. The Morgan fingerprint density at radius 1 is 1.39 bits per heavy atom. The minimum atomic E-state index is -0.901. The Morgan fingerprint density at radius 3 is 2.67 bits per heavy atom. The van der Waals surface area contributed by atoms with E-state index in [9.17, 15) is 9.59 Å². The lowest BCUT2D eigenvalue weighted by atomic mass is 10.0. The van der Waals surface area contributed by atoms with Gasteiger partial charge in [-0.15, -0.1) is 0 Å². The van der Waals surface area contributed by atoms with Crippen LogP contribution in [0.2, 0.25) is 0 Å². The molecular weight excluding hydrogens is 234 g/mol. The van der Waals surface area contributed by atoms with Crippen LogP contribution >= 0.6 is 0 Å². The van der Waals surface area contributed by atoms with Crippen LogP contribution in [0.1, 0.15) is 24.9 Å². The van der Waals surface area contributed by atoms with E-state index in [0.29, 0.717) is 5.75 Å². The smallest absolute Gasteiger partial charge is 0.318 e. The number of carbonyl (C=O) groups is 2. The molecule has 0 saturated heterocycles. The van der Waals surface area contributed by atoms with Crippen LogP contribution in [0, 0.1) is 0 Å². The van der Waals surface area contributed by atoms with E-state index in [1.165, 1.54) is 0 Å². The first-order valence-electron chi connectivity index (χ1n) is 5.61. The summed E-state index contributed by atoms with van der Waals surface area (Å²) in [6, 6.07) is 6.15. The third-order valence-electron chi connectivity index (χ3n) is 2.38. The van der Waals surface area contributed by atoms with Gasteiger partial charge in [-0.3, -0.25) is 10.1 Å². The summed E-state index contributed by atoms with van der Waals surface area (Å²) in [5, 5.41) is 1.92. The van der Waals surface area contributed by atoms with Gasteiger partial charge in [0.25, 0.3) is 5.91 Å². The van der Waals surface area contributed by atoms with Gasteiger partial charge in [-0.25, -0.2) is 4.79 Å². The van der Waals surface area contributed by atoms with Gasteiger partial charge >= 0.3 is 6.03 Å². The number of hydrogen-bond donors (Lipinski definition) is 3. The summed E-state index contributed by atoms with van der Waals surface area (Å²) in [4.78, 5) is 21.7. The molecule has 0 aromatic heterocycles. The minimum Gasteiger partial charge on any atom is -0.483 e.